The maximum atomic E-state index is 13.3. The van der Waals surface area contributed by atoms with E-state index in [9.17, 15) is 9.59 Å². The minimum Gasteiger partial charge on any atom is -0.497 e. The molecule has 0 aliphatic rings. The van der Waals surface area contributed by atoms with Gasteiger partial charge in [-0.15, -0.1) is 0 Å². The van der Waals surface area contributed by atoms with E-state index in [-0.39, 0.29) is 17.6 Å². The molecule has 0 spiro atoms. The number of nitrogens with one attached hydrogen (secondary N) is 1. The maximum Gasteiger partial charge on any atom is 0.223 e. The summed E-state index contributed by atoms with van der Waals surface area (Å²) in [5.74, 6) is 0.755. The zero-order chi connectivity index (χ0) is 22.2. The summed E-state index contributed by atoms with van der Waals surface area (Å²) in [5, 5.41) is 2.87. The van der Waals surface area contributed by atoms with Crippen molar-refractivity contribution < 1.29 is 19.1 Å². The van der Waals surface area contributed by atoms with E-state index in [0.717, 1.165) is 5.56 Å². The lowest BCUT2D eigenvalue weighted by Gasteiger charge is -2.20. The van der Waals surface area contributed by atoms with E-state index in [1.165, 1.54) is 0 Å². The van der Waals surface area contributed by atoms with Crippen LogP contribution in [0.2, 0.25) is 0 Å². The normalized spacial score (nSPS) is 11.6. The van der Waals surface area contributed by atoms with Crippen LogP contribution in [0.1, 0.15) is 41.4 Å². The van der Waals surface area contributed by atoms with E-state index >= 15 is 0 Å². The van der Waals surface area contributed by atoms with Crippen LogP contribution in [0.5, 0.6) is 11.5 Å². The Morgan fingerprint density at radius 2 is 1.45 bits per heavy atom. The van der Waals surface area contributed by atoms with E-state index in [4.69, 9.17) is 9.47 Å². The third-order valence-electron chi connectivity index (χ3n) is 4.91. The van der Waals surface area contributed by atoms with Crippen LogP contribution >= 0.6 is 0 Å². The van der Waals surface area contributed by atoms with Crippen LogP contribution < -0.4 is 14.8 Å². The fourth-order valence-corrected chi connectivity index (χ4v) is 3.03. The molecule has 31 heavy (non-hydrogen) atoms. The first kappa shape index (κ1) is 22.1. The lowest BCUT2D eigenvalue weighted by molar-refractivity contribution is -0.124. The van der Waals surface area contributed by atoms with Crippen molar-refractivity contribution in [1.29, 1.82) is 0 Å². The van der Waals surface area contributed by atoms with Crippen molar-refractivity contribution in [2.45, 2.75) is 26.5 Å². The highest BCUT2D eigenvalue weighted by molar-refractivity contribution is 6.02. The number of hydrogen-bond donors (Lipinski definition) is 1. The molecule has 1 amide bonds. The number of Topliss-reactive ketones (excluding diaryl/α,β-unsaturated/α-hetero) is 1. The van der Waals surface area contributed by atoms with Gasteiger partial charge in [0, 0.05) is 11.5 Å². The molecule has 3 aromatic rings. The lowest BCUT2D eigenvalue weighted by Crippen LogP contribution is -2.36. The third-order valence-corrected chi connectivity index (χ3v) is 4.91. The van der Waals surface area contributed by atoms with Crippen LogP contribution in [0.4, 0.5) is 0 Å². The van der Waals surface area contributed by atoms with Crippen molar-refractivity contribution in [3.63, 3.8) is 0 Å². The van der Waals surface area contributed by atoms with E-state index in [1.54, 1.807) is 69.5 Å². The van der Waals surface area contributed by atoms with Gasteiger partial charge in [0.05, 0.1) is 7.11 Å². The minimum atomic E-state index is -0.781. The summed E-state index contributed by atoms with van der Waals surface area (Å²) < 4.78 is 11.0. The number of methoxy groups -OCH3 is 1. The summed E-state index contributed by atoms with van der Waals surface area (Å²) in [6.45, 7) is 4.04. The number of carbonyl (C=O) groups excluding carboxylic acids is 2. The summed E-state index contributed by atoms with van der Waals surface area (Å²) in [7, 11) is 1.58. The summed E-state index contributed by atoms with van der Waals surface area (Å²) in [6, 6.07) is 23.2. The average molecular weight is 418 g/mol. The number of carbonyl (C=O) groups is 2. The van der Waals surface area contributed by atoms with Gasteiger partial charge in [0.15, 0.2) is 5.78 Å². The number of amides is 1. The van der Waals surface area contributed by atoms with E-state index in [2.05, 4.69) is 5.32 Å². The summed E-state index contributed by atoms with van der Waals surface area (Å²) in [4.78, 5) is 25.6. The van der Waals surface area contributed by atoms with Gasteiger partial charge < -0.3 is 14.8 Å². The predicted molar refractivity (Wildman–Crippen MR) is 120 cm³/mol. The number of benzene rings is 3. The zero-order valence-electron chi connectivity index (χ0n) is 18.0. The molecule has 3 aromatic carbocycles. The number of ether oxygens (including phenoxy) is 2. The van der Waals surface area contributed by atoms with Crippen molar-refractivity contribution in [2.24, 2.45) is 5.92 Å². The quantitative estimate of drug-likeness (QED) is 0.499. The summed E-state index contributed by atoms with van der Waals surface area (Å²) in [5.41, 5.74) is 2.26. The smallest absolute Gasteiger partial charge is 0.223 e. The molecule has 3 rings (SSSR count). The molecular weight excluding hydrogens is 390 g/mol. The largest absolute Gasteiger partial charge is 0.497 e. The summed E-state index contributed by atoms with van der Waals surface area (Å²) >= 11 is 0. The average Bonchev–Trinajstić information content (AvgIpc) is 2.81. The van der Waals surface area contributed by atoms with Gasteiger partial charge in [-0.2, -0.15) is 0 Å². The molecule has 0 aromatic heterocycles. The van der Waals surface area contributed by atoms with Gasteiger partial charge in [0.25, 0.3) is 0 Å². The Labute approximate surface area is 183 Å². The third kappa shape index (κ3) is 5.95. The topological polar surface area (TPSA) is 64.6 Å². The molecule has 5 heteroatoms. The van der Waals surface area contributed by atoms with E-state index in [0.29, 0.717) is 29.2 Å². The van der Waals surface area contributed by atoms with Crippen LogP contribution in [-0.4, -0.2) is 18.8 Å². The van der Waals surface area contributed by atoms with Crippen LogP contribution in [0.3, 0.4) is 0 Å². The molecule has 0 bridgehead atoms. The van der Waals surface area contributed by atoms with Crippen molar-refractivity contribution in [2.75, 3.05) is 7.11 Å². The Morgan fingerprint density at radius 3 is 2.03 bits per heavy atom. The van der Waals surface area contributed by atoms with Gasteiger partial charge in [-0.25, -0.2) is 0 Å². The predicted octanol–water partition coefficient (Wildman–Crippen LogP) is 4.97. The van der Waals surface area contributed by atoms with Gasteiger partial charge in [-0.05, 0) is 47.5 Å². The molecule has 0 heterocycles. The van der Waals surface area contributed by atoms with Gasteiger partial charge in [0.2, 0.25) is 5.91 Å². The monoisotopic (exact) mass is 417 g/mol. The molecule has 0 aliphatic heterocycles. The molecule has 0 saturated carbocycles. The Bertz CT molecular complexity index is 996. The molecule has 1 unspecified atom stereocenters. The molecular formula is C26H27NO4. The second-order valence-electron chi connectivity index (χ2n) is 7.53. The fraction of sp³-hybridized carbons (Fsp3) is 0.231. The fourth-order valence-electron chi connectivity index (χ4n) is 3.03. The second kappa shape index (κ2) is 10.4. The highest BCUT2D eigenvalue weighted by Crippen LogP contribution is 2.23. The highest BCUT2D eigenvalue weighted by atomic mass is 16.5. The van der Waals surface area contributed by atoms with Crippen LogP contribution in [0.25, 0.3) is 0 Å². The van der Waals surface area contributed by atoms with Gasteiger partial charge in [-0.3, -0.25) is 9.59 Å². The Balaban J connectivity index is 1.76. The maximum absolute atomic E-state index is 13.3. The Kier molecular flexibility index (Phi) is 7.44. The highest BCUT2D eigenvalue weighted by Gasteiger charge is 2.25. The SMILES string of the molecule is COc1ccc(C(NC(=O)C(C)C)C(=O)c2ccc(OCc3ccccc3)cc2)cc1. The molecule has 0 saturated heterocycles. The van der Waals surface area contributed by atoms with Gasteiger partial charge >= 0.3 is 0 Å². The standard InChI is InChI=1S/C26H27NO4/c1-18(2)26(29)27-24(20-9-13-22(30-3)14-10-20)25(28)21-11-15-23(16-12-21)31-17-19-7-5-4-6-8-19/h4-16,18,24H,17H2,1-3H3,(H,27,29). The van der Waals surface area contributed by atoms with Crippen LogP contribution in [0.15, 0.2) is 78.9 Å². The number of hydrogen-bond acceptors (Lipinski definition) is 4. The van der Waals surface area contributed by atoms with E-state index in [1.807, 2.05) is 30.3 Å². The Morgan fingerprint density at radius 1 is 0.839 bits per heavy atom. The van der Waals surface area contributed by atoms with Crippen molar-refractivity contribution in [3.05, 3.63) is 95.6 Å². The molecule has 1 N–H and O–H groups in total. The molecule has 0 radical (unpaired) electrons. The number of ketones is 1. The second-order valence-corrected chi connectivity index (χ2v) is 7.53. The molecule has 0 aliphatic carbocycles. The van der Waals surface area contributed by atoms with E-state index < -0.39 is 6.04 Å². The lowest BCUT2D eigenvalue weighted by atomic mass is 9.96. The molecule has 1 atom stereocenters. The number of rotatable bonds is 9. The van der Waals surface area contributed by atoms with Gasteiger partial charge in [0.1, 0.15) is 24.1 Å². The zero-order valence-corrected chi connectivity index (χ0v) is 18.0. The summed E-state index contributed by atoms with van der Waals surface area (Å²) in [6.07, 6.45) is 0. The molecule has 160 valence electrons. The first-order valence-corrected chi connectivity index (χ1v) is 10.2. The molecule has 0 fully saturated rings. The van der Waals surface area contributed by atoms with Crippen molar-refractivity contribution in [1.82, 2.24) is 5.32 Å². The van der Waals surface area contributed by atoms with Crippen LogP contribution in [-0.2, 0) is 11.4 Å². The first-order valence-electron chi connectivity index (χ1n) is 10.2. The van der Waals surface area contributed by atoms with Crippen molar-refractivity contribution in [3.8, 4) is 11.5 Å². The minimum absolute atomic E-state index is 0.183. The molecule has 5 nitrogen and oxygen atoms in total. The van der Waals surface area contributed by atoms with Gasteiger partial charge in [-0.1, -0.05) is 56.3 Å². The van der Waals surface area contributed by atoms with Crippen molar-refractivity contribution >= 4 is 11.7 Å². The Hall–Kier alpha value is -3.60. The van der Waals surface area contributed by atoms with Crippen LogP contribution in [0, 0.1) is 5.92 Å². The first-order chi connectivity index (χ1) is 15.0.